The van der Waals surface area contributed by atoms with Crippen LogP contribution in [0.1, 0.15) is 46.5 Å². The van der Waals surface area contributed by atoms with Crippen molar-refractivity contribution in [2.45, 2.75) is 52.1 Å². The first kappa shape index (κ1) is 13.5. The molecule has 0 amide bonds. The lowest BCUT2D eigenvalue weighted by molar-refractivity contribution is -0.175. The van der Waals surface area contributed by atoms with Gasteiger partial charge in [0.15, 0.2) is 0 Å². The van der Waals surface area contributed by atoms with Crippen LogP contribution in [0.3, 0.4) is 0 Å². The van der Waals surface area contributed by atoms with Crippen LogP contribution in [0.15, 0.2) is 0 Å². The summed E-state index contributed by atoms with van der Waals surface area (Å²) < 4.78 is 10.5. The molecule has 0 aliphatic heterocycles. The van der Waals surface area contributed by atoms with Gasteiger partial charge in [-0.1, -0.05) is 27.2 Å². The van der Waals surface area contributed by atoms with Crippen LogP contribution in [0.5, 0.6) is 0 Å². The third-order valence-electron chi connectivity index (χ3n) is 3.62. The van der Waals surface area contributed by atoms with Gasteiger partial charge in [0.1, 0.15) is 12.2 Å². The van der Waals surface area contributed by atoms with Crippen molar-refractivity contribution in [2.75, 3.05) is 13.7 Å². The molecule has 0 bridgehead atoms. The van der Waals surface area contributed by atoms with Gasteiger partial charge < -0.3 is 9.47 Å². The Labute approximate surface area is 98.5 Å². The Kier molecular flexibility index (Phi) is 4.78. The Bertz CT molecular complexity index is 237. The molecule has 2 unspecified atom stereocenters. The number of hydrogen-bond donors (Lipinski definition) is 0. The van der Waals surface area contributed by atoms with E-state index in [4.69, 9.17) is 9.47 Å². The monoisotopic (exact) mass is 228 g/mol. The van der Waals surface area contributed by atoms with E-state index in [0.29, 0.717) is 11.8 Å². The highest BCUT2D eigenvalue weighted by molar-refractivity contribution is 5.71. The number of esters is 1. The fourth-order valence-corrected chi connectivity index (χ4v) is 2.65. The van der Waals surface area contributed by atoms with Crippen molar-refractivity contribution in [3.8, 4) is 0 Å². The second-order valence-electron chi connectivity index (χ2n) is 5.33. The first-order valence-electron chi connectivity index (χ1n) is 6.21. The topological polar surface area (TPSA) is 35.5 Å². The van der Waals surface area contributed by atoms with Gasteiger partial charge in [-0.3, -0.25) is 0 Å². The van der Waals surface area contributed by atoms with Crippen molar-refractivity contribution >= 4 is 5.97 Å². The lowest BCUT2D eigenvalue weighted by Gasteiger charge is -2.42. The number of methoxy groups -OCH3 is 1. The largest absolute Gasteiger partial charge is 0.457 e. The summed E-state index contributed by atoms with van der Waals surface area (Å²) in [4.78, 5) is 11.6. The summed E-state index contributed by atoms with van der Waals surface area (Å²) in [6, 6.07) is 0. The van der Waals surface area contributed by atoms with Crippen molar-refractivity contribution in [3.63, 3.8) is 0 Å². The molecule has 0 heterocycles. The van der Waals surface area contributed by atoms with Crippen molar-refractivity contribution in [3.05, 3.63) is 0 Å². The first-order chi connectivity index (χ1) is 7.50. The minimum Gasteiger partial charge on any atom is -0.457 e. The van der Waals surface area contributed by atoms with Crippen LogP contribution in [0, 0.1) is 11.8 Å². The van der Waals surface area contributed by atoms with Crippen LogP contribution in [-0.4, -0.2) is 25.3 Å². The quantitative estimate of drug-likeness (QED) is 0.694. The van der Waals surface area contributed by atoms with Crippen molar-refractivity contribution in [1.82, 2.24) is 0 Å². The average molecular weight is 228 g/mol. The molecule has 1 saturated carbocycles. The normalized spacial score (nSPS) is 30.4. The number of ether oxygens (including phenoxy) is 2. The number of hydrogen-bond acceptors (Lipinski definition) is 3. The average Bonchev–Trinajstić information content (AvgIpc) is 2.17. The lowest BCUT2D eigenvalue weighted by atomic mass is 9.73. The second kappa shape index (κ2) is 5.67. The molecule has 0 N–H and O–H groups in total. The highest BCUT2D eigenvalue weighted by atomic mass is 16.6. The number of rotatable bonds is 4. The molecule has 0 saturated heterocycles. The summed E-state index contributed by atoms with van der Waals surface area (Å²) in [6.45, 7) is 6.57. The molecule has 0 aromatic heterocycles. The van der Waals surface area contributed by atoms with E-state index in [2.05, 4.69) is 20.8 Å². The second-order valence-corrected chi connectivity index (χ2v) is 5.33. The van der Waals surface area contributed by atoms with Gasteiger partial charge in [-0.15, -0.1) is 0 Å². The van der Waals surface area contributed by atoms with E-state index in [9.17, 15) is 4.79 Å². The van der Waals surface area contributed by atoms with E-state index in [1.165, 1.54) is 13.5 Å². The van der Waals surface area contributed by atoms with Gasteiger partial charge in [0.05, 0.1) is 0 Å². The Hall–Kier alpha value is -0.570. The first-order valence-corrected chi connectivity index (χ1v) is 6.21. The van der Waals surface area contributed by atoms with E-state index < -0.39 is 0 Å². The molecule has 1 aliphatic rings. The van der Waals surface area contributed by atoms with E-state index in [-0.39, 0.29) is 18.2 Å². The summed E-state index contributed by atoms with van der Waals surface area (Å²) in [6.07, 6.45) is 4.38. The molecule has 1 aliphatic carbocycles. The Balaban J connectivity index is 2.68. The maximum Gasteiger partial charge on any atom is 0.332 e. The van der Waals surface area contributed by atoms with Crippen molar-refractivity contribution in [2.24, 2.45) is 11.8 Å². The maximum absolute atomic E-state index is 11.6. The summed E-state index contributed by atoms with van der Waals surface area (Å²) in [5.74, 6) is 0.785. The van der Waals surface area contributed by atoms with Crippen LogP contribution in [0.25, 0.3) is 0 Å². The molecule has 3 nitrogen and oxygen atoms in total. The van der Waals surface area contributed by atoms with Gasteiger partial charge in [0.2, 0.25) is 0 Å². The molecule has 0 radical (unpaired) electrons. The summed E-state index contributed by atoms with van der Waals surface area (Å²) >= 11 is 0. The zero-order valence-electron chi connectivity index (χ0n) is 10.9. The van der Waals surface area contributed by atoms with Crippen molar-refractivity contribution in [1.29, 1.82) is 0 Å². The molecule has 3 heteroatoms. The summed E-state index contributed by atoms with van der Waals surface area (Å²) in [5.41, 5.74) is -0.257. The number of carbonyl (C=O) groups is 1. The highest BCUT2D eigenvalue weighted by Gasteiger charge is 2.41. The summed E-state index contributed by atoms with van der Waals surface area (Å²) in [5, 5.41) is 0. The van der Waals surface area contributed by atoms with Gasteiger partial charge in [-0.25, -0.2) is 4.79 Å². The predicted molar refractivity (Wildman–Crippen MR) is 63.2 cm³/mol. The van der Waals surface area contributed by atoms with Crippen LogP contribution >= 0.6 is 0 Å². The minimum absolute atomic E-state index is 0.0584. The van der Waals surface area contributed by atoms with Gasteiger partial charge in [-0.05, 0) is 31.1 Å². The molecule has 0 spiro atoms. The SMILES string of the molecule is COCC(=O)OC1(C(C)C)CCCC(C)C1. The Morgan fingerprint density at radius 3 is 2.69 bits per heavy atom. The minimum atomic E-state index is -0.257. The van der Waals surface area contributed by atoms with E-state index >= 15 is 0 Å². The third-order valence-corrected chi connectivity index (χ3v) is 3.62. The third kappa shape index (κ3) is 3.21. The van der Waals surface area contributed by atoms with Gasteiger partial charge in [-0.2, -0.15) is 0 Å². The van der Waals surface area contributed by atoms with Crippen LogP contribution in [0.4, 0.5) is 0 Å². The highest BCUT2D eigenvalue weighted by Crippen LogP contribution is 2.40. The fraction of sp³-hybridized carbons (Fsp3) is 0.923. The molecular weight excluding hydrogens is 204 g/mol. The Morgan fingerprint density at radius 2 is 2.19 bits per heavy atom. The van der Waals surface area contributed by atoms with Crippen LogP contribution < -0.4 is 0 Å². The zero-order chi connectivity index (χ0) is 12.2. The van der Waals surface area contributed by atoms with Crippen LogP contribution in [-0.2, 0) is 14.3 Å². The molecule has 1 rings (SSSR count). The fourth-order valence-electron chi connectivity index (χ4n) is 2.65. The smallest absolute Gasteiger partial charge is 0.332 e. The predicted octanol–water partition coefficient (Wildman–Crippen LogP) is 2.78. The van der Waals surface area contributed by atoms with Gasteiger partial charge in [0.25, 0.3) is 0 Å². The molecule has 2 atom stereocenters. The van der Waals surface area contributed by atoms with E-state index in [1.807, 2.05) is 0 Å². The van der Waals surface area contributed by atoms with Gasteiger partial charge >= 0.3 is 5.97 Å². The lowest BCUT2D eigenvalue weighted by Crippen LogP contribution is -2.44. The summed E-state index contributed by atoms with van der Waals surface area (Å²) in [7, 11) is 1.52. The molecule has 94 valence electrons. The van der Waals surface area contributed by atoms with Crippen LogP contribution in [0.2, 0.25) is 0 Å². The van der Waals surface area contributed by atoms with Gasteiger partial charge in [0, 0.05) is 7.11 Å². The molecule has 0 aromatic rings. The molecular formula is C13H24O3. The van der Waals surface area contributed by atoms with E-state index in [0.717, 1.165) is 19.3 Å². The molecule has 16 heavy (non-hydrogen) atoms. The maximum atomic E-state index is 11.6. The molecule has 0 aromatic carbocycles. The van der Waals surface area contributed by atoms with Crippen molar-refractivity contribution < 1.29 is 14.3 Å². The number of carbonyl (C=O) groups excluding carboxylic acids is 1. The zero-order valence-corrected chi connectivity index (χ0v) is 10.9. The Morgan fingerprint density at radius 1 is 1.50 bits per heavy atom. The standard InChI is InChI=1S/C13H24O3/c1-10(2)13(16-12(14)9-15-4)7-5-6-11(3)8-13/h10-11H,5-9H2,1-4H3. The molecule has 1 fully saturated rings. The van der Waals surface area contributed by atoms with E-state index in [1.54, 1.807) is 0 Å².